The molecular weight excluding hydrogens is 285 g/mol. The second-order valence-electron chi connectivity index (χ2n) is 4.26. The van der Waals surface area contributed by atoms with Crippen LogP contribution in [0.3, 0.4) is 0 Å². The lowest BCUT2D eigenvalue weighted by Gasteiger charge is -2.07. The van der Waals surface area contributed by atoms with E-state index in [1.807, 2.05) is 29.4 Å². The number of halogens is 3. The Labute approximate surface area is 119 Å². The first kappa shape index (κ1) is 15.0. The van der Waals surface area contributed by atoms with Crippen molar-refractivity contribution in [2.75, 3.05) is 5.75 Å². The summed E-state index contributed by atoms with van der Waals surface area (Å²) >= 11 is 1.74. The first-order valence-corrected chi connectivity index (χ1v) is 7.23. The van der Waals surface area contributed by atoms with E-state index in [4.69, 9.17) is 0 Å². The van der Waals surface area contributed by atoms with Crippen molar-refractivity contribution >= 4 is 11.8 Å². The Morgan fingerprint density at radius 1 is 1.20 bits per heavy atom. The van der Waals surface area contributed by atoms with Gasteiger partial charge in [0.15, 0.2) is 0 Å². The highest BCUT2D eigenvalue weighted by Gasteiger charge is 2.35. The van der Waals surface area contributed by atoms with Crippen LogP contribution in [0, 0.1) is 6.20 Å². The van der Waals surface area contributed by atoms with Crippen LogP contribution in [-0.2, 0) is 19.0 Å². The zero-order chi connectivity index (χ0) is 14.6. The highest BCUT2D eigenvalue weighted by Crippen LogP contribution is 2.30. The summed E-state index contributed by atoms with van der Waals surface area (Å²) in [5, 5.41) is 5.34. The molecule has 0 bridgehead atoms. The van der Waals surface area contributed by atoms with Crippen LogP contribution in [0.2, 0.25) is 0 Å². The molecule has 20 heavy (non-hydrogen) atoms. The zero-order valence-electron chi connectivity index (χ0n) is 10.9. The topological polar surface area (TPSA) is 28.7 Å². The summed E-state index contributed by atoms with van der Waals surface area (Å²) in [4.78, 5) is 1.17. The summed E-state index contributed by atoms with van der Waals surface area (Å²) in [7, 11) is 0. The normalized spacial score (nSPS) is 11.8. The maximum Gasteiger partial charge on any atom is 0.433 e. The second kappa shape index (κ2) is 6.35. The van der Waals surface area contributed by atoms with Crippen LogP contribution in [-0.4, -0.2) is 16.0 Å². The third kappa shape index (κ3) is 3.79. The van der Waals surface area contributed by atoms with E-state index in [9.17, 15) is 13.2 Å². The molecule has 6 heteroatoms. The Kier molecular flexibility index (Phi) is 4.75. The highest BCUT2D eigenvalue weighted by molar-refractivity contribution is 7.99. The van der Waals surface area contributed by atoms with Crippen LogP contribution in [0.15, 0.2) is 29.2 Å². The minimum absolute atomic E-state index is 0.0875. The van der Waals surface area contributed by atoms with Gasteiger partial charge in [-0.05, 0) is 36.3 Å². The monoisotopic (exact) mass is 299 g/mol. The van der Waals surface area contributed by atoms with E-state index in [1.165, 1.54) is 4.90 Å². The van der Waals surface area contributed by atoms with E-state index in [0.29, 0.717) is 6.42 Å². The van der Waals surface area contributed by atoms with E-state index in [2.05, 4.69) is 18.2 Å². The Hall–Kier alpha value is -1.43. The van der Waals surface area contributed by atoms with E-state index >= 15 is 0 Å². The molecule has 0 unspecified atom stereocenters. The standard InChI is InChI=1S/C14H14F3N2S/c1-2-20-12-7-4-10(5-8-12)3-6-11-9-18-19-13(11)14(15,16)17/h4-5,7-8H,2-3,6H2,1H3,(H,18,19). The van der Waals surface area contributed by atoms with Crippen LogP contribution in [0.25, 0.3) is 0 Å². The van der Waals surface area contributed by atoms with Crippen LogP contribution in [0.1, 0.15) is 23.7 Å². The van der Waals surface area contributed by atoms with Gasteiger partial charge in [0.1, 0.15) is 11.9 Å². The van der Waals surface area contributed by atoms with Crippen molar-refractivity contribution < 1.29 is 13.2 Å². The molecule has 0 saturated carbocycles. The minimum atomic E-state index is -4.40. The molecule has 2 nitrogen and oxygen atoms in total. The first-order chi connectivity index (χ1) is 9.50. The predicted octanol–water partition coefficient (Wildman–Crippen LogP) is 4.13. The van der Waals surface area contributed by atoms with Crippen LogP contribution in [0.4, 0.5) is 13.2 Å². The lowest BCUT2D eigenvalue weighted by Crippen LogP contribution is -2.09. The van der Waals surface area contributed by atoms with Gasteiger partial charge in [0.2, 0.25) is 0 Å². The van der Waals surface area contributed by atoms with Crippen LogP contribution in [0.5, 0.6) is 0 Å². The van der Waals surface area contributed by atoms with Crippen molar-refractivity contribution in [1.82, 2.24) is 10.2 Å². The van der Waals surface area contributed by atoms with Crippen molar-refractivity contribution in [3.63, 3.8) is 0 Å². The number of hydrogen-bond acceptors (Lipinski definition) is 2. The van der Waals surface area contributed by atoms with Crippen molar-refractivity contribution in [2.45, 2.75) is 30.8 Å². The Morgan fingerprint density at radius 2 is 1.90 bits per heavy atom. The largest absolute Gasteiger partial charge is 0.433 e. The molecule has 0 spiro atoms. The van der Waals surface area contributed by atoms with Gasteiger partial charge in [-0.25, -0.2) is 0 Å². The van der Waals surface area contributed by atoms with Crippen molar-refractivity contribution in [1.29, 1.82) is 0 Å². The lowest BCUT2D eigenvalue weighted by molar-refractivity contribution is -0.141. The molecule has 1 radical (unpaired) electrons. The smallest absolute Gasteiger partial charge is 0.273 e. The van der Waals surface area contributed by atoms with Crippen molar-refractivity contribution in [3.05, 3.63) is 47.3 Å². The van der Waals surface area contributed by atoms with Gasteiger partial charge in [0, 0.05) is 10.5 Å². The van der Waals surface area contributed by atoms with E-state index in [1.54, 1.807) is 11.8 Å². The number of aromatic nitrogens is 2. The van der Waals surface area contributed by atoms with Gasteiger partial charge in [0.05, 0.1) is 0 Å². The number of benzene rings is 1. The summed E-state index contributed by atoms with van der Waals surface area (Å²) < 4.78 is 38.0. The highest BCUT2D eigenvalue weighted by atomic mass is 32.2. The first-order valence-electron chi connectivity index (χ1n) is 6.24. The Balaban J connectivity index is 2.00. The molecule has 1 heterocycles. The fraction of sp³-hybridized carbons (Fsp3) is 0.357. The molecule has 0 amide bonds. The van der Waals surface area contributed by atoms with Crippen molar-refractivity contribution in [2.24, 2.45) is 0 Å². The van der Waals surface area contributed by atoms with Crippen LogP contribution >= 0.6 is 11.8 Å². The van der Waals surface area contributed by atoms with Gasteiger partial charge in [-0.15, -0.1) is 11.8 Å². The zero-order valence-corrected chi connectivity index (χ0v) is 11.7. The fourth-order valence-corrected chi connectivity index (χ4v) is 2.54. The Morgan fingerprint density at radius 3 is 2.50 bits per heavy atom. The lowest BCUT2D eigenvalue weighted by atomic mass is 10.0. The van der Waals surface area contributed by atoms with Crippen LogP contribution < -0.4 is 0 Å². The molecule has 2 aromatic rings. The molecule has 1 N–H and O–H groups in total. The van der Waals surface area contributed by atoms with E-state index in [0.717, 1.165) is 11.3 Å². The number of aromatic amines is 1. The van der Waals surface area contributed by atoms with Gasteiger partial charge in [-0.1, -0.05) is 19.1 Å². The molecule has 0 atom stereocenters. The Bertz CT molecular complexity index is 546. The summed E-state index contributed by atoms with van der Waals surface area (Å²) in [5.74, 6) is 0.998. The number of hydrogen-bond donors (Lipinski definition) is 1. The summed E-state index contributed by atoms with van der Waals surface area (Å²) in [6.45, 7) is 2.08. The number of thioether (sulfide) groups is 1. The van der Waals surface area contributed by atoms with Crippen molar-refractivity contribution in [3.8, 4) is 0 Å². The molecule has 0 aliphatic rings. The number of alkyl halides is 3. The van der Waals surface area contributed by atoms with Gasteiger partial charge in [0.25, 0.3) is 0 Å². The van der Waals surface area contributed by atoms with E-state index in [-0.39, 0.29) is 12.0 Å². The molecular formula is C14H14F3N2S. The van der Waals surface area contributed by atoms with Gasteiger partial charge in [-0.3, -0.25) is 5.10 Å². The number of aryl methyl sites for hydroxylation is 2. The third-order valence-electron chi connectivity index (χ3n) is 2.84. The molecule has 0 fully saturated rings. The molecule has 0 aliphatic heterocycles. The summed E-state index contributed by atoms with van der Waals surface area (Å²) in [6.07, 6.45) is -1.21. The predicted molar refractivity (Wildman–Crippen MR) is 72.7 cm³/mol. The van der Waals surface area contributed by atoms with Gasteiger partial charge in [-0.2, -0.15) is 18.3 Å². The number of H-pyrrole nitrogens is 1. The molecule has 1 aromatic heterocycles. The third-order valence-corrected chi connectivity index (χ3v) is 3.74. The molecule has 1 aromatic carbocycles. The molecule has 0 aliphatic carbocycles. The van der Waals surface area contributed by atoms with E-state index < -0.39 is 11.9 Å². The number of nitrogens with zero attached hydrogens (tertiary/aromatic N) is 1. The maximum absolute atomic E-state index is 12.7. The maximum atomic E-state index is 12.7. The van der Waals surface area contributed by atoms with Gasteiger partial charge < -0.3 is 0 Å². The second-order valence-corrected chi connectivity index (χ2v) is 5.60. The number of rotatable bonds is 5. The average molecular weight is 299 g/mol. The molecule has 2 rings (SSSR count). The molecule has 107 valence electrons. The molecule has 0 saturated heterocycles. The minimum Gasteiger partial charge on any atom is -0.273 e. The average Bonchev–Trinajstić information content (AvgIpc) is 2.87. The fourth-order valence-electron chi connectivity index (χ4n) is 1.88. The summed E-state index contributed by atoms with van der Waals surface area (Å²) in [6, 6.07) is 7.89. The quantitative estimate of drug-likeness (QED) is 0.841. The summed E-state index contributed by atoms with van der Waals surface area (Å²) in [5.41, 5.74) is 0.299. The SMILES string of the molecule is CCSc1ccc(CCc2[c]n[nH]c2C(F)(F)F)cc1. The van der Waals surface area contributed by atoms with Gasteiger partial charge >= 0.3 is 6.18 Å². The number of nitrogens with one attached hydrogen (secondary N) is 1.